The van der Waals surface area contributed by atoms with E-state index in [2.05, 4.69) is 26.6 Å². The van der Waals surface area contributed by atoms with Gasteiger partial charge >= 0.3 is 0 Å². The van der Waals surface area contributed by atoms with Crippen LogP contribution in [0.3, 0.4) is 0 Å². The van der Waals surface area contributed by atoms with Gasteiger partial charge in [0, 0.05) is 18.0 Å². The number of amides is 2. The second-order valence-electron chi connectivity index (χ2n) is 5.13. The number of nitrogens with one attached hydrogen (secondary N) is 2. The second-order valence-corrected chi connectivity index (χ2v) is 5.91. The summed E-state index contributed by atoms with van der Waals surface area (Å²) < 4.78 is 11.0. The molecule has 0 radical (unpaired) electrons. The Morgan fingerprint density at radius 1 is 1.04 bits per heavy atom. The summed E-state index contributed by atoms with van der Waals surface area (Å²) in [5.74, 6) is -0.265. The van der Waals surface area contributed by atoms with Crippen LogP contribution in [0.4, 0.5) is 11.4 Å². The van der Waals surface area contributed by atoms with Crippen molar-refractivity contribution in [3.8, 4) is 0 Å². The summed E-state index contributed by atoms with van der Waals surface area (Å²) in [6.07, 6.45) is 1.29. The van der Waals surface area contributed by atoms with Crippen molar-refractivity contribution in [3.63, 3.8) is 0 Å². The molecule has 0 spiro atoms. The van der Waals surface area contributed by atoms with Crippen LogP contribution in [0.15, 0.2) is 45.5 Å². The Hall–Kier alpha value is -2.12. The number of carbonyl (C=O) groups is 2. The molecule has 0 saturated carbocycles. The highest BCUT2D eigenvalue weighted by Crippen LogP contribution is 2.19. The molecule has 3 rings (SSSR count). The first-order valence-electron chi connectivity index (χ1n) is 7.21. The molecule has 2 N–H and O–H groups in total. The van der Waals surface area contributed by atoms with Crippen molar-refractivity contribution >= 4 is 39.1 Å². The number of benzene rings is 1. The fourth-order valence-electron chi connectivity index (χ4n) is 2.27. The lowest BCUT2D eigenvalue weighted by Crippen LogP contribution is -2.26. The summed E-state index contributed by atoms with van der Waals surface area (Å²) in [7, 11) is 0. The molecular weight excluding hydrogens is 364 g/mol. The van der Waals surface area contributed by atoms with Gasteiger partial charge in [-0.25, -0.2) is 0 Å². The quantitative estimate of drug-likeness (QED) is 0.853. The number of hydrogen-bond acceptors (Lipinski definition) is 4. The van der Waals surface area contributed by atoms with Crippen LogP contribution in [0.5, 0.6) is 0 Å². The Balaban J connectivity index is 1.58. The Morgan fingerprint density at radius 2 is 1.74 bits per heavy atom. The van der Waals surface area contributed by atoms with E-state index in [1.54, 1.807) is 36.4 Å². The number of anilines is 2. The average Bonchev–Trinajstić information content (AvgIpc) is 3.20. The van der Waals surface area contributed by atoms with Crippen LogP contribution in [-0.2, 0) is 9.53 Å². The lowest BCUT2D eigenvalue weighted by molar-refractivity contribution is -0.124. The number of rotatable bonds is 4. The number of carbonyl (C=O) groups excluding carboxylic acids is 2. The molecule has 7 heteroatoms. The average molecular weight is 379 g/mol. The van der Waals surface area contributed by atoms with Crippen molar-refractivity contribution in [1.82, 2.24) is 0 Å². The van der Waals surface area contributed by atoms with Crippen molar-refractivity contribution < 1.29 is 18.7 Å². The SMILES string of the molecule is O=C(Nc1ccc(NC(=O)[C@H]2CCCO2)cc1)c1ccc(Br)o1. The van der Waals surface area contributed by atoms with Crippen molar-refractivity contribution in [2.75, 3.05) is 17.2 Å². The summed E-state index contributed by atoms with van der Waals surface area (Å²) in [5, 5.41) is 5.51. The van der Waals surface area contributed by atoms with E-state index < -0.39 is 0 Å². The molecule has 23 heavy (non-hydrogen) atoms. The van der Waals surface area contributed by atoms with Gasteiger partial charge in [-0.15, -0.1) is 0 Å². The molecule has 1 aromatic carbocycles. The minimum absolute atomic E-state index is 0.139. The Bertz CT molecular complexity index is 705. The van der Waals surface area contributed by atoms with Crippen molar-refractivity contribution in [2.24, 2.45) is 0 Å². The molecule has 2 heterocycles. The van der Waals surface area contributed by atoms with E-state index in [1.807, 2.05) is 0 Å². The van der Waals surface area contributed by atoms with E-state index in [-0.39, 0.29) is 23.7 Å². The lowest BCUT2D eigenvalue weighted by Gasteiger charge is -2.11. The topological polar surface area (TPSA) is 80.6 Å². The van der Waals surface area contributed by atoms with Crippen LogP contribution in [-0.4, -0.2) is 24.5 Å². The highest BCUT2D eigenvalue weighted by molar-refractivity contribution is 9.10. The first-order valence-corrected chi connectivity index (χ1v) is 8.00. The molecule has 0 unspecified atom stereocenters. The number of halogens is 1. The molecule has 0 aliphatic carbocycles. The monoisotopic (exact) mass is 378 g/mol. The molecule has 2 aromatic rings. The zero-order chi connectivity index (χ0) is 16.2. The van der Waals surface area contributed by atoms with Crippen molar-refractivity contribution in [2.45, 2.75) is 18.9 Å². The number of ether oxygens (including phenoxy) is 1. The predicted molar refractivity (Wildman–Crippen MR) is 88.4 cm³/mol. The molecule has 1 aromatic heterocycles. The Morgan fingerprint density at radius 3 is 2.30 bits per heavy atom. The third kappa shape index (κ3) is 4.00. The smallest absolute Gasteiger partial charge is 0.291 e. The fourth-order valence-corrected chi connectivity index (χ4v) is 2.58. The Kier molecular flexibility index (Phi) is 4.78. The van der Waals surface area contributed by atoms with Gasteiger partial charge < -0.3 is 19.8 Å². The summed E-state index contributed by atoms with van der Waals surface area (Å²) >= 11 is 3.15. The highest BCUT2D eigenvalue weighted by Gasteiger charge is 2.23. The van der Waals surface area contributed by atoms with Crippen molar-refractivity contribution in [1.29, 1.82) is 0 Å². The fraction of sp³-hybridized carbons (Fsp3) is 0.250. The third-order valence-corrected chi connectivity index (χ3v) is 3.86. The molecule has 2 amide bonds. The van der Waals surface area contributed by atoms with E-state index in [1.165, 1.54) is 0 Å². The minimum Gasteiger partial charge on any atom is -0.444 e. The molecule has 120 valence electrons. The van der Waals surface area contributed by atoms with E-state index in [0.29, 0.717) is 22.7 Å². The van der Waals surface area contributed by atoms with E-state index in [9.17, 15) is 9.59 Å². The summed E-state index contributed by atoms with van der Waals surface area (Å²) in [6, 6.07) is 10.1. The van der Waals surface area contributed by atoms with Crippen LogP contribution in [0.2, 0.25) is 0 Å². The molecule has 1 aliphatic heterocycles. The number of furan rings is 1. The maximum absolute atomic E-state index is 12.0. The van der Waals surface area contributed by atoms with Crippen LogP contribution in [0.25, 0.3) is 0 Å². The normalized spacial score (nSPS) is 17.0. The van der Waals surface area contributed by atoms with E-state index in [0.717, 1.165) is 12.8 Å². The molecule has 6 nitrogen and oxygen atoms in total. The van der Waals surface area contributed by atoms with Gasteiger partial charge in [0.15, 0.2) is 10.4 Å². The van der Waals surface area contributed by atoms with Gasteiger partial charge in [-0.2, -0.15) is 0 Å². The number of hydrogen-bond donors (Lipinski definition) is 2. The van der Waals surface area contributed by atoms with Gasteiger partial charge in [0.2, 0.25) is 0 Å². The molecule has 1 saturated heterocycles. The third-order valence-electron chi connectivity index (χ3n) is 3.43. The maximum Gasteiger partial charge on any atom is 0.291 e. The zero-order valence-electron chi connectivity index (χ0n) is 12.2. The van der Waals surface area contributed by atoms with Crippen LogP contribution in [0, 0.1) is 0 Å². The van der Waals surface area contributed by atoms with Crippen molar-refractivity contribution in [3.05, 3.63) is 46.8 Å². The predicted octanol–water partition coefficient (Wildman–Crippen LogP) is 3.41. The highest BCUT2D eigenvalue weighted by atomic mass is 79.9. The maximum atomic E-state index is 12.0. The van der Waals surface area contributed by atoms with Crippen LogP contribution in [0.1, 0.15) is 23.4 Å². The summed E-state index contributed by atoms with van der Waals surface area (Å²) in [5.41, 5.74) is 1.27. The first kappa shape index (κ1) is 15.8. The largest absolute Gasteiger partial charge is 0.444 e. The molecule has 1 aliphatic rings. The van der Waals surface area contributed by atoms with Gasteiger partial charge in [-0.3, -0.25) is 9.59 Å². The zero-order valence-corrected chi connectivity index (χ0v) is 13.8. The summed E-state index contributed by atoms with van der Waals surface area (Å²) in [4.78, 5) is 23.9. The van der Waals surface area contributed by atoms with Gasteiger partial charge in [0.05, 0.1) is 0 Å². The first-order chi connectivity index (χ1) is 11.1. The molecule has 0 bridgehead atoms. The molecule has 1 atom stereocenters. The second kappa shape index (κ2) is 6.97. The minimum atomic E-state index is -0.369. The molecule has 1 fully saturated rings. The lowest BCUT2D eigenvalue weighted by atomic mass is 10.2. The van der Waals surface area contributed by atoms with Gasteiger partial charge in [-0.1, -0.05) is 0 Å². The van der Waals surface area contributed by atoms with Gasteiger partial charge in [-0.05, 0) is 65.2 Å². The molecular formula is C16H15BrN2O4. The van der Waals surface area contributed by atoms with Crippen LogP contribution >= 0.6 is 15.9 Å². The van der Waals surface area contributed by atoms with E-state index in [4.69, 9.17) is 9.15 Å². The summed E-state index contributed by atoms with van der Waals surface area (Å²) in [6.45, 7) is 0.631. The van der Waals surface area contributed by atoms with Crippen LogP contribution < -0.4 is 10.6 Å². The standard InChI is InChI=1S/C16H15BrN2O4/c17-14-8-7-13(23-14)16(21)19-11-5-3-10(4-6-11)18-15(20)12-2-1-9-22-12/h3-8,12H,1-2,9H2,(H,18,20)(H,19,21)/t12-/m1/s1. The van der Waals surface area contributed by atoms with Gasteiger partial charge in [0.25, 0.3) is 11.8 Å². The Labute approximate surface area is 141 Å². The van der Waals surface area contributed by atoms with Gasteiger partial charge in [0.1, 0.15) is 6.10 Å². The van der Waals surface area contributed by atoms with E-state index >= 15 is 0 Å².